The Labute approximate surface area is 100 Å². The Kier molecular flexibility index (Phi) is 7.38. The van der Waals surface area contributed by atoms with E-state index in [1.807, 2.05) is 0 Å². The molecule has 0 radical (unpaired) electrons. The zero-order chi connectivity index (χ0) is 13.3. The number of carbonyl (C=O) groups is 2. The number of hydrogen-bond donors (Lipinski definition) is 3. The van der Waals surface area contributed by atoms with Gasteiger partial charge in [-0.25, -0.2) is 9.59 Å². The summed E-state index contributed by atoms with van der Waals surface area (Å²) < 4.78 is 0. The number of aromatic carboxylic acids is 2. The monoisotopic (exact) mass is 239 g/mol. The second-order valence-corrected chi connectivity index (χ2v) is 3.11. The summed E-state index contributed by atoms with van der Waals surface area (Å²) in [5.74, 6) is -2.46. The molecule has 0 saturated carbocycles. The van der Waals surface area contributed by atoms with Crippen molar-refractivity contribution in [2.24, 2.45) is 0 Å². The maximum atomic E-state index is 10.5. The van der Waals surface area contributed by atoms with Gasteiger partial charge in [0, 0.05) is 0 Å². The van der Waals surface area contributed by atoms with Crippen LogP contribution in [0.3, 0.4) is 0 Å². The third-order valence-electron chi connectivity index (χ3n) is 1.89. The SMILES string of the molecule is CCNCC.O=C(O)c1ccccc1C(=O)O. The molecular weight excluding hydrogens is 222 g/mol. The Balaban J connectivity index is 0.000000437. The summed E-state index contributed by atoms with van der Waals surface area (Å²) in [7, 11) is 0. The molecule has 0 aliphatic rings. The summed E-state index contributed by atoms with van der Waals surface area (Å²) in [5.41, 5.74) is -0.380. The highest BCUT2D eigenvalue weighted by Crippen LogP contribution is 2.07. The van der Waals surface area contributed by atoms with Gasteiger partial charge in [0.1, 0.15) is 0 Å². The third kappa shape index (κ3) is 5.67. The minimum absolute atomic E-state index is 0.190. The van der Waals surface area contributed by atoms with Gasteiger partial charge in [0.05, 0.1) is 11.1 Å². The average molecular weight is 239 g/mol. The lowest BCUT2D eigenvalue weighted by atomic mass is 10.1. The van der Waals surface area contributed by atoms with E-state index in [-0.39, 0.29) is 11.1 Å². The Morgan fingerprint density at radius 3 is 1.53 bits per heavy atom. The van der Waals surface area contributed by atoms with Crippen LogP contribution in [0.25, 0.3) is 0 Å². The Morgan fingerprint density at radius 2 is 1.35 bits per heavy atom. The molecule has 0 unspecified atom stereocenters. The predicted octanol–water partition coefficient (Wildman–Crippen LogP) is 1.70. The lowest BCUT2D eigenvalue weighted by Gasteiger charge is -1.98. The third-order valence-corrected chi connectivity index (χ3v) is 1.89. The van der Waals surface area contributed by atoms with Crippen LogP contribution in [-0.2, 0) is 0 Å². The minimum Gasteiger partial charge on any atom is -0.478 e. The minimum atomic E-state index is -1.23. The van der Waals surface area contributed by atoms with E-state index < -0.39 is 11.9 Å². The zero-order valence-corrected chi connectivity index (χ0v) is 9.93. The van der Waals surface area contributed by atoms with E-state index in [0.29, 0.717) is 0 Å². The molecule has 17 heavy (non-hydrogen) atoms. The number of rotatable bonds is 4. The van der Waals surface area contributed by atoms with Gasteiger partial charge in [-0.05, 0) is 25.2 Å². The van der Waals surface area contributed by atoms with E-state index in [0.717, 1.165) is 13.1 Å². The molecule has 3 N–H and O–H groups in total. The van der Waals surface area contributed by atoms with Gasteiger partial charge in [0.2, 0.25) is 0 Å². The molecule has 0 fully saturated rings. The lowest BCUT2D eigenvalue weighted by Crippen LogP contribution is -2.09. The summed E-state index contributed by atoms with van der Waals surface area (Å²) >= 11 is 0. The molecule has 0 saturated heterocycles. The quantitative estimate of drug-likeness (QED) is 0.744. The van der Waals surface area contributed by atoms with Gasteiger partial charge >= 0.3 is 11.9 Å². The molecule has 0 spiro atoms. The van der Waals surface area contributed by atoms with Gasteiger partial charge in [-0.3, -0.25) is 0 Å². The molecule has 0 aliphatic carbocycles. The summed E-state index contributed by atoms with van der Waals surface area (Å²) in [6.07, 6.45) is 0. The molecule has 1 aromatic rings. The highest BCUT2D eigenvalue weighted by atomic mass is 16.4. The first kappa shape index (κ1) is 15.1. The fourth-order valence-corrected chi connectivity index (χ4v) is 1.11. The van der Waals surface area contributed by atoms with Gasteiger partial charge in [0.25, 0.3) is 0 Å². The molecule has 1 aromatic carbocycles. The van der Waals surface area contributed by atoms with Gasteiger partial charge < -0.3 is 15.5 Å². The standard InChI is InChI=1S/C8H6O4.C4H11N/c9-7(10)5-3-1-2-4-6(5)8(11)12;1-3-5-4-2/h1-4H,(H,9,10)(H,11,12);5H,3-4H2,1-2H3. The molecule has 0 atom stereocenters. The first-order valence-corrected chi connectivity index (χ1v) is 5.30. The number of benzene rings is 1. The molecule has 0 heterocycles. The van der Waals surface area contributed by atoms with Crippen molar-refractivity contribution in [1.29, 1.82) is 0 Å². The Bertz CT molecular complexity index is 342. The summed E-state index contributed by atoms with van der Waals surface area (Å²) in [6.45, 7) is 6.39. The summed E-state index contributed by atoms with van der Waals surface area (Å²) in [4.78, 5) is 20.9. The van der Waals surface area contributed by atoms with Crippen LogP contribution in [-0.4, -0.2) is 35.2 Å². The van der Waals surface area contributed by atoms with Crippen molar-refractivity contribution >= 4 is 11.9 Å². The van der Waals surface area contributed by atoms with E-state index in [1.54, 1.807) is 0 Å². The van der Waals surface area contributed by atoms with Gasteiger partial charge in [-0.2, -0.15) is 0 Å². The molecule has 1 rings (SSSR count). The van der Waals surface area contributed by atoms with Crippen LogP contribution in [0.15, 0.2) is 24.3 Å². The summed E-state index contributed by atoms with van der Waals surface area (Å²) in [5, 5.41) is 20.2. The largest absolute Gasteiger partial charge is 0.478 e. The Morgan fingerprint density at radius 1 is 1.00 bits per heavy atom. The van der Waals surface area contributed by atoms with Crippen molar-refractivity contribution < 1.29 is 19.8 Å². The Hall–Kier alpha value is -1.88. The van der Waals surface area contributed by atoms with Crippen LogP contribution in [0.1, 0.15) is 34.6 Å². The molecule has 0 aromatic heterocycles. The molecule has 0 amide bonds. The van der Waals surface area contributed by atoms with E-state index in [2.05, 4.69) is 19.2 Å². The van der Waals surface area contributed by atoms with E-state index in [9.17, 15) is 9.59 Å². The molecule has 0 bridgehead atoms. The van der Waals surface area contributed by atoms with Crippen molar-refractivity contribution in [2.45, 2.75) is 13.8 Å². The maximum Gasteiger partial charge on any atom is 0.336 e. The highest BCUT2D eigenvalue weighted by Gasteiger charge is 2.13. The van der Waals surface area contributed by atoms with Crippen molar-refractivity contribution in [3.05, 3.63) is 35.4 Å². The van der Waals surface area contributed by atoms with Crippen LogP contribution >= 0.6 is 0 Å². The number of hydrogen-bond acceptors (Lipinski definition) is 3. The van der Waals surface area contributed by atoms with Crippen LogP contribution in [0.5, 0.6) is 0 Å². The smallest absolute Gasteiger partial charge is 0.336 e. The molecule has 5 heteroatoms. The lowest BCUT2D eigenvalue weighted by molar-refractivity contribution is 0.0651. The molecule has 0 aliphatic heterocycles. The van der Waals surface area contributed by atoms with E-state index in [4.69, 9.17) is 10.2 Å². The average Bonchev–Trinajstić information content (AvgIpc) is 2.30. The fraction of sp³-hybridized carbons (Fsp3) is 0.333. The van der Waals surface area contributed by atoms with E-state index in [1.165, 1.54) is 24.3 Å². The van der Waals surface area contributed by atoms with Crippen LogP contribution < -0.4 is 5.32 Å². The normalized spacial score (nSPS) is 9.06. The van der Waals surface area contributed by atoms with Crippen molar-refractivity contribution in [3.8, 4) is 0 Å². The topological polar surface area (TPSA) is 86.6 Å². The van der Waals surface area contributed by atoms with Crippen molar-refractivity contribution in [2.75, 3.05) is 13.1 Å². The maximum absolute atomic E-state index is 10.5. The fourth-order valence-electron chi connectivity index (χ4n) is 1.11. The second kappa shape index (κ2) is 8.29. The number of nitrogens with one attached hydrogen (secondary N) is 1. The van der Waals surface area contributed by atoms with Crippen LogP contribution in [0.2, 0.25) is 0 Å². The predicted molar refractivity (Wildman–Crippen MR) is 64.6 cm³/mol. The first-order valence-electron chi connectivity index (χ1n) is 5.30. The van der Waals surface area contributed by atoms with Crippen LogP contribution in [0, 0.1) is 0 Å². The molecular formula is C12H17NO4. The van der Waals surface area contributed by atoms with Crippen molar-refractivity contribution in [3.63, 3.8) is 0 Å². The highest BCUT2D eigenvalue weighted by molar-refractivity contribution is 6.01. The molecule has 94 valence electrons. The zero-order valence-electron chi connectivity index (χ0n) is 9.93. The van der Waals surface area contributed by atoms with Crippen molar-refractivity contribution in [1.82, 2.24) is 5.32 Å². The number of carboxylic acid groups (broad SMARTS) is 2. The number of carboxylic acids is 2. The van der Waals surface area contributed by atoms with Gasteiger partial charge in [-0.15, -0.1) is 0 Å². The first-order chi connectivity index (χ1) is 8.04. The summed E-state index contributed by atoms with van der Waals surface area (Å²) in [6, 6.07) is 5.48. The molecule has 5 nitrogen and oxygen atoms in total. The van der Waals surface area contributed by atoms with Gasteiger partial charge in [0.15, 0.2) is 0 Å². The van der Waals surface area contributed by atoms with Gasteiger partial charge in [-0.1, -0.05) is 26.0 Å². The van der Waals surface area contributed by atoms with E-state index >= 15 is 0 Å². The van der Waals surface area contributed by atoms with Crippen LogP contribution in [0.4, 0.5) is 0 Å². The second-order valence-electron chi connectivity index (χ2n) is 3.11.